The monoisotopic (exact) mass is 245 g/mol. The molecule has 0 aliphatic rings. The molecule has 0 aromatic carbocycles. The van der Waals surface area contributed by atoms with Gasteiger partial charge in [0, 0.05) is 19.6 Å². The minimum Gasteiger partial charge on any atom is -0.481 e. The van der Waals surface area contributed by atoms with E-state index in [0.29, 0.717) is 13.0 Å². The molecule has 0 aromatic rings. The van der Waals surface area contributed by atoms with Crippen LogP contribution < -0.4 is 5.32 Å². The second-order valence-corrected chi connectivity index (χ2v) is 5.33. The molecule has 17 heavy (non-hydrogen) atoms. The van der Waals surface area contributed by atoms with Gasteiger partial charge in [0.1, 0.15) is 0 Å². The topological polar surface area (TPSA) is 86.6 Å². The number of nitrogens with one attached hydrogen (secondary N) is 1. The van der Waals surface area contributed by atoms with Crippen molar-refractivity contribution < 1.29 is 19.8 Å². The number of carboxylic acid groups (broad SMARTS) is 1. The van der Waals surface area contributed by atoms with Gasteiger partial charge in [-0.15, -0.1) is 0 Å². The molecule has 0 radical (unpaired) electrons. The summed E-state index contributed by atoms with van der Waals surface area (Å²) in [6, 6.07) is 0. The molecule has 0 heterocycles. The summed E-state index contributed by atoms with van der Waals surface area (Å²) in [4.78, 5) is 22.2. The van der Waals surface area contributed by atoms with E-state index in [9.17, 15) is 9.59 Å². The van der Waals surface area contributed by atoms with Crippen LogP contribution in [0.25, 0.3) is 0 Å². The van der Waals surface area contributed by atoms with Gasteiger partial charge in [-0.3, -0.25) is 9.59 Å². The number of rotatable bonds is 8. The van der Waals surface area contributed by atoms with Crippen molar-refractivity contribution in [3.63, 3.8) is 0 Å². The Labute approximate surface area is 102 Å². The molecule has 5 heteroatoms. The Morgan fingerprint density at radius 2 is 1.88 bits per heavy atom. The fourth-order valence-corrected chi connectivity index (χ4v) is 1.58. The lowest BCUT2D eigenvalue weighted by Crippen LogP contribution is -2.33. The average Bonchev–Trinajstić information content (AvgIpc) is 2.12. The summed E-state index contributed by atoms with van der Waals surface area (Å²) < 4.78 is 0. The van der Waals surface area contributed by atoms with Crippen molar-refractivity contribution in [3.8, 4) is 0 Å². The fraction of sp³-hybridized carbons (Fsp3) is 0.833. The minimum atomic E-state index is -0.892. The first-order chi connectivity index (χ1) is 7.76. The summed E-state index contributed by atoms with van der Waals surface area (Å²) in [6.45, 7) is 6.10. The number of aliphatic hydroxyl groups excluding tert-OH is 1. The predicted molar refractivity (Wildman–Crippen MR) is 64.5 cm³/mol. The molecule has 1 amide bonds. The van der Waals surface area contributed by atoms with Gasteiger partial charge in [0.25, 0.3) is 0 Å². The Morgan fingerprint density at radius 1 is 1.29 bits per heavy atom. The van der Waals surface area contributed by atoms with E-state index in [1.807, 2.05) is 6.92 Å². The van der Waals surface area contributed by atoms with Crippen LogP contribution >= 0.6 is 0 Å². The minimum absolute atomic E-state index is 0.0212. The number of aliphatic carboxylic acids is 1. The molecule has 1 atom stereocenters. The molecule has 0 aromatic heterocycles. The molecule has 0 saturated carbocycles. The van der Waals surface area contributed by atoms with Gasteiger partial charge in [0.05, 0.1) is 6.42 Å². The maximum atomic E-state index is 11.6. The van der Waals surface area contributed by atoms with E-state index in [0.717, 1.165) is 0 Å². The van der Waals surface area contributed by atoms with Gasteiger partial charge in [-0.1, -0.05) is 20.8 Å². The number of carbonyl (C=O) groups excluding carboxylic acids is 1. The van der Waals surface area contributed by atoms with E-state index in [-0.39, 0.29) is 31.3 Å². The highest BCUT2D eigenvalue weighted by molar-refractivity contribution is 5.77. The van der Waals surface area contributed by atoms with Crippen molar-refractivity contribution in [2.45, 2.75) is 40.0 Å². The zero-order valence-electron chi connectivity index (χ0n) is 10.8. The molecule has 0 aliphatic heterocycles. The van der Waals surface area contributed by atoms with Crippen molar-refractivity contribution in [1.82, 2.24) is 5.32 Å². The van der Waals surface area contributed by atoms with Crippen molar-refractivity contribution in [1.29, 1.82) is 0 Å². The molecule has 5 nitrogen and oxygen atoms in total. The highest BCUT2D eigenvalue weighted by Crippen LogP contribution is 2.24. The van der Waals surface area contributed by atoms with Crippen LogP contribution in [0.2, 0.25) is 0 Å². The standard InChI is InChI=1S/C12H23NO4/c1-9(4-5-14)8-13-10(15)6-12(2,3)7-11(16)17/h9,14H,4-8H2,1-3H3,(H,13,15)(H,16,17). The fourth-order valence-electron chi connectivity index (χ4n) is 1.58. The number of carbonyl (C=O) groups is 2. The summed E-state index contributed by atoms with van der Waals surface area (Å²) in [5.74, 6) is -0.802. The van der Waals surface area contributed by atoms with E-state index in [1.165, 1.54) is 0 Å². The van der Waals surface area contributed by atoms with Crippen molar-refractivity contribution in [2.24, 2.45) is 11.3 Å². The summed E-state index contributed by atoms with van der Waals surface area (Å²) in [5, 5.41) is 20.2. The molecule has 3 N–H and O–H groups in total. The van der Waals surface area contributed by atoms with E-state index in [2.05, 4.69) is 5.32 Å². The summed E-state index contributed by atoms with van der Waals surface area (Å²) in [6.07, 6.45) is 0.830. The van der Waals surface area contributed by atoms with Gasteiger partial charge in [0.2, 0.25) is 5.91 Å². The molecule has 1 unspecified atom stereocenters. The summed E-state index contributed by atoms with van der Waals surface area (Å²) >= 11 is 0. The Kier molecular flexibility index (Phi) is 6.80. The molecule has 0 spiro atoms. The third kappa shape index (κ3) is 8.68. The Morgan fingerprint density at radius 3 is 2.35 bits per heavy atom. The van der Waals surface area contributed by atoms with Gasteiger partial charge in [-0.2, -0.15) is 0 Å². The maximum Gasteiger partial charge on any atom is 0.303 e. The quantitative estimate of drug-likeness (QED) is 0.595. The lowest BCUT2D eigenvalue weighted by molar-refractivity contribution is -0.139. The van der Waals surface area contributed by atoms with E-state index >= 15 is 0 Å². The van der Waals surface area contributed by atoms with Crippen LogP contribution in [0.4, 0.5) is 0 Å². The van der Waals surface area contributed by atoms with Crippen LogP contribution in [0.1, 0.15) is 40.0 Å². The Balaban J connectivity index is 3.96. The number of carboxylic acids is 1. The Bertz CT molecular complexity index is 263. The van der Waals surface area contributed by atoms with Crippen molar-refractivity contribution in [2.75, 3.05) is 13.2 Å². The molecular formula is C12H23NO4. The molecule has 100 valence electrons. The van der Waals surface area contributed by atoms with E-state index < -0.39 is 11.4 Å². The summed E-state index contributed by atoms with van der Waals surface area (Å²) in [5.41, 5.74) is -0.532. The highest BCUT2D eigenvalue weighted by atomic mass is 16.4. The predicted octanol–water partition coefficient (Wildman–Crippen LogP) is 1.01. The number of hydrogen-bond donors (Lipinski definition) is 3. The van der Waals surface area contributed by atoms with Crippen molar-refractivity contribution in [3.05, 3.63) is 0 Å². The second-order valence-electron chi connectivity index (χ2n) is 5.33. The molecule has 0 aliphatic carbocycles. The van der Waals surface area contributed by atoms with Gasteiger partial charge in [-0.25, -0.2) is 0 Å². The van der Waals surface area contributed by atoms with Crippen LogP contribution in [-0.4, -0.2) is 35.2 Å². The number of amides is 1. The first kappa shape index (κ1) is 15.9. The van der Waals surface area contributed by atoms with Crippen LogP contribution in [-0.2, 0) is 9.59 Å². The van der Waals surface area contributed by atoms with E-state index in [1.54, 1.807) is 13.8 Å². The normalized spacial score (nSPS) is 13.2. The van der Waals surface area contributed by atoms with Crippen LogP contribution in [0, 0.1) is 11.3 Å². The van der Waals surface area contributed by atoms with Crippen LogP contribution in [0.3, 0.4) is 0 Å². The zero-order valence-corrected chi connectivity index (χ0v) is 10.8. The zero-order chi connectivity index (χ0) is 13.5. The van der Waals surface area contributed by atoms with E-state index in [4.69, 9.17) is 10.2 Å². The molecule has 0 rings (SSSR count). The van der Waals surface area contributed by atoms with Gasteiger partial charge in [0.15, 0.2) is 0 Å². The largest absolute Gasteiger partial charge is 0.481 e. The van der Waals surface area contributed by atoms with Gasteiger partial charge in [-0.05, 0) is 17.8 Å². The first-order valence-electron chi connectivity index (χ1n) is 5.86. The lowest BCUT2D eigenvalue weighted by Gasteiger charge is -2.22. The SMILES string of the molecule is CC(CCO)CNC(=O)CC(C)(C)CC(=O)O. The average molecular weight is 245 g/mol. The summed E-state index contributed by atoms with van der Waals surface area (Å²) in [7, 11) is 0. The lowest BCUT2D eigenvalue weighted by atomic mass is 9.85. The second kappa shape index (κ2) is 7.27. The van der Waals surface area contributed by atoms with Crippen LogP contribution in [0.15, 0.2) is 0 Å². The highest BCUT2D eigenvalue weighted by Gasteiger charge is 2.25. The van der Waals surface area contributed by atoms with Crippen molar-refractivity contribution >= 4 is 11.9 Å². The van der Waals surface area contributed by atoms with Gasteiger partial charge < -0.3 is 15.5 Å². The molecule has 0 fully saturated rings. The third-order valence-electron chi connectivity index (χ3n) is 2.54. The molecule has 0 bridgehead atoms. The molecule has 0 saturated heterocycles. The number of hydrogen-bond acceptors (Lipinski definition) is 3. The third-order valence-corrected chi connectivity index (χ3v) is 2.54. The number of aliphatic hydroxyl groups is 1. The molecular weight excluding hydrogens is 222 g/mol. The first-order valence-corrected chi connectivity index (χ1v) is 5.86. The van der Waals surface area contributed by atoms with Crippen LogP contribution in [0.5, 0.6) is 0 Å². The smallest absolute Gasteiger partial charge is 0.303 e. The Hall–Kier alpha value is -1.10. The van der Waals surface area contributed by atoms with Gasteiger partial charge >= 0.3 is 5.97 Å². The maximum absolute atomic E-state index is 11.6.